The summed E-state index contributed by atoms with van der Waals surface area (Å²) in [5.41, 5.74) is 5.19. The van der Waals surface area contributed by atoms with Crippen molar-refractivity contribution < 1.29 is 4.79 Å². The quantitative estimate of drug-likeness (QED) is 0.607. The SMILES string of the molecule is CCn1c(C)cc(C=Nc2ccc(C(C)=O)cc2)c1C. The Morgan fingerprint density at radius 2 is 1.90 bits per heavy atom. The van der Waals surface area contributed by atoms with Gasteiger partial charge in [-0.25, -0.2) is 0 Å². The minimum Gasteiger partial charge on any atom is -0.349 e. The fraction of sp³-hybridized carbons (Fsp3) is 0.294. The molecule has 0 unspecified atom stereocenters. The molecule has 3 heteroatoms. The molecule has 104 valence electrons. The fourth-order valence-electron chi connectivity index (χ4n) is 2.37. The minimum atomic E-state index is 0.0759. The first-order valence-electron chi connectivity index (χ1n) is 6.84. The van der Waals surface area contributed by atoms with Gasteiger partial charge in [0.25, 0.3) is 0 Å². The molecule has 2 aromatic rings. The van der Waals surface area contributed by atoms with E-state index in [2.05, 4.69) is 36.4 Å². The van der Waals surface area contributed by atoms with Crippen LogP contribution in [0, 0.1) is 13.8 Å². The number of rotatable bonds is 4. The van der Waals surface area contributed by atoms with Crippen LogP contribution in [-0.4, -0.2) is 16.6 Å². The molecule has 2 rings (SSSR count). The Bertz CT molecular complexity index is 648. The molecular weight excluding hydrogens is 248 g/mol. The van der Waals surface area contributed by atoms with Gasteiger partial charge in [0.2, 0.25) is 0 Å². The van der Waals surface area contributed by atoms with Gasteiger partial charge >= 0.3 is 0 Å². The Labute approximate surface area is 120 Å². The highest BCUT2D eigenvalue weighted by Crippen LogP contribution is 2.16. The van der Waals surface area contributed by atoms with E-state index in [1.165, 1.54) is 11.4 Å². The molecule has 3 nitrogen and oxygen atoms in total. The predicted octanol–water partition coefficient (Wildman–Crippen LogP) is 4.08. The molecule has 0 aliphatic carbocycles. The topological polar surface area (TPSA) is 34.4 Å². The highest BCUT2D eigenvalue weighted by molar-refractivity contribution is 5.94. The molecule has 0 atom stereocenters. The van der Waals surface area contributed by atoms with Crippen LogP contribution in [0.2, 0.25) is 0 Å². The van der Waals surface area contributed by atoms with Crippen molar-refractivity contribution in [2.75, 3.05) is 0 Å². The van der Waals surface area contributed by atoms with Crippen molar-refractivity contribution in [1.29, 1.82) is 0 Å². The zero-order chi connectivity index (χ0) is 14.7. The van der Waals surface area contributed by atoms with E-state index in [4.69, 9.17) is 0 Å². The summed E-state index contributed by atoms with van der Waals surface area (Å²) < 4.78 is 2.26. The van der Waals surface area contributed by atoms with Crippen LogP contribution in [0.5, 0.6) is 0 Å². The third kappa shape index (κ3) is 2.87. The zero-order valence-electron chi connectivity index (χ0n) is 12.5. The molecule has 20 heavy (non-hydrogen) atoms. The van der Waals surface area contributed by atoms with Crippen molar-refractivity contribution in [1.82, 2.24) is 4.57 Å². The van der Waals surface area contributed by atoms with E-state index in [0.29, 0.717) is 5.56 Å². The van der Waals surface area contributed by atoms with Crippen LogP contribution < -0.4 is 0 Å². The number of hydrogen-bond acceptors (Lipinski definition) is 2. The van der Waals surface area contributed by atoms with Gasteiger partial charge in [-0.15, -0.1) is 0 Å². The number of Topliss-reactive ketones (excluding diaryl/α,β-unsaturated/α-hetero) is 1. The standard InChI is InChI=1S/C17H20N2O/c1-5-19-12(2)10-16(13(19)3)11-18-17-8-6-15(7-9-17)14(4)20/h6-11H,5H2,1-4H3. The summed E-state index contributed by atoms with van der Waals surface area (Å²) in [5.74, 6) is 0.0759. The van der Waals surface area contributed by atoms with Gasteiger partial charge in [-0.3, -0.25) is 9.79 Å². The second-order valence-electron chi connectivity index (χ2n) is 4.93. The zero-order valence-corrected chi connectivity index (χ0v) is 12.5. The lowest BCUT2D eigenvalue weighted by Gasteiger charge is -2.04. The number of aliphatic imine (C=N–C) groups is 1. The van der Waals surface area contributed by atoms with E-state index in [9.17, 15) is 4.79 Å². The molecule has 1 aromatic heterocycles. The highest BCUT2D eigenvalue weighted by atomic mass is 16.1. The number of aromatic nitrogens is 1. The maximum absolute atomic E-state index is 11.2. The Morgan fingerprint density at radius 3 is 2.40 bits per heavy atom. The van der Waals surface area contributed by atoms with Crippen molar-refractivity contribution in [2.45, 2.75) is 34.2 Å². The number of carbonyl (C=O) groups excluding carboxylic acids is 1. The maximum Gasteiger partial charge on any atom is 0.159 e. The largest absolute Gasteiger partial charge is 0.349 e. The number of hydrogen-bond donors (Lipinski definition) is 0. The molecule has 0 saturated heterocycles. The van der Waals surface area contributed by atoms with E-state index in [1.54, 1.807) is 6.92 Å². The number of carbonyl (C=O) groups is 1. The molecule has 0 bridgehead atoms. The normalized spacial score (nSPS) is 11.2. The number of aryl methyl sites for hydroxylation is 1. The molecule has 0 amide bonds. The Balaban J connectivity index is 2.23. The van der Waals surface area contributed by atoms with Crippen LogP contribution in [0.1, 0.15) is 41.2 Å². The second kappa shape index (κ2) is 5.87. The van der Waals surface area contributed by atoms with Gasteiger partial charge in [-0.05, 0) is 58.0 Å². The van der Waals surface area contributed by atoms with Crippen molar-refractivity contribution in [3.05, 3.63) is 52.8 Å². The first-order valence-corrected chi connectivity index (χ1v) is 6.84. The van der Waals surface area contributed by atoms with Gasteiger partial charge in [-0.1, -0.05) is 0 Å². The van der Waals surface area contributed by atoms with Crippen LogP contribution in [0.15, 0.2) is 35.3 Å². The highest BCUT2D eigenvalue weighted by Gasteiger charge is 2.05. The van der Waals surface area contributed by atoms with Gasteiger partial charge in [0, 0.05) is 35.3 Å². The predicted molar refractivity (Wildman–Crippen MR) is 83.3 cm³/mol. The number of nitrogens with zero attached hydrogens (tertiary/aromatic N) is 2. The van der Waals surface area contributed by atoms with Crippen LogP contribution >= 0.6 is 0 Å². The molecular formula is C17H20N2O. The van der Waals surface area contributed by atoms with Gasteiger partial charge in [0.1, 0.15) is 0 Å². The van der Waals surface area contributed by atoms with E-state index >= 15 is 0 Å². The Kier molecular flexibility index (Phi) is 4.18. The summed E-state index contributed by atoms with van der Waals surface area (Å²) in [4.78, 5) is 15.7. The first kappa shape index (κ1) is 14.3. The summed E-state index contributed by atoms with van der Waals surface area (Å²) in [6, 6.07) is 9.50. The minimum absolute atomic E-state index is 0.0759. The van der Waals surface area contributed by atoms with Crippen molar-refractivity contribution >= 4 is 17.7 Å². The van der Waals surface area contributed by atoms with Crippen molar-refractivity contribution in [3.8, 4) is 0 Å². The summed E-state index contributed by atoms with van der Waals surface area (Å²) in [7, 11) is 0. The van der Waals surface area contributed by atoms with E-state index in [1.807, 2.05) is 30.5 Å². The average molecular weight is 268 g/mol. The molecule has 1 heterocycles. The monoisotopic (exact) mass is 268 g/mol. The molecule has 0 aliphatic rings. The third-order valence-electron chi connectivity index (χ3n) is 3.56. The maximum atomic E-state index is 11.2. The average Bonchev–Trinajstić information content (AvgIpc) is 2.71. The van der Waals surface area contributed by atoms with E-state index in [-0.39, 0.29) is 5.78 Å². The summed E-state index contributed by atoms with van der Waals surface area (Å²) in [5, 5.41) is 0. The lowest BCUT2D eigenvalue weighted by Crippen LogP contribution is -1.99. The lowest BCUT2D eigenvalue weighted by molar-refractivity contribution is 0.101. The smallest absolute Gasteiger partial charge is 0.159 e. The van der Waals surface area contributed by atoms with Crippen LogP contribution in [0.3, 0.4) is 0 Å². The lowest BCUT2D eigenvalue weighted by atomic mass is 10.1. The molecule has 0 spiro atoms. The summed E-state index contributed by atoms with van der Waals surface area (Å²) in [6.07, 6.45) is 1.89. The molecule has 0 radical (unpaired) electrons. The van der Waals surface area contributed by atoms with Crippen molar-refractivity contribution in [2.24, 2.45) is 4.99 Å². The van der Waals surface area contributed by atoms with Gasteiger partial charge in [-0.2, -0.15) is 0 Å². The van der Waals surface area contributed by atoms with E-state index < -0.39 is 0 Å². The number of benzene rings is 1. The van der Waals surface area contributed by atoms with E-state index in [0.717, 1.165) is 17.8 Å². The Morgan fingerprint density at radius 1 is 1.25 bits per heavy atom. The van der Waals surface area contributed by atoms with Crippen LogP contribution in [0.4, 0.5) is 5.69 Å². The molecule has 0 N–H and O–H groups in total. The van der Waals surface area contributed by atoms with Crippen LogP contribution in [-0.2, 0) is 6.54 Å². The summed E-state index contributed by atoms with van der Waals surface area (Å²) >= 11 is 0. The fourth-order valence-corrected chi connectivity index (χ4v) is 2.37. The van der Waals surface area contributed by atoms with Crippen LogP contribution in [0.25, 0.3) is 0 Å². The number of ketones is 1. The van der Waals surface area contributed by atoms with Gasteiger partial charge < -0.3 is 4.57 Å². The molecule has 0 saturated carbocycles. The molecule has 0 aliphatic heterocycles. The molecule has 1 aromatic carbocycles. The summed E-state index contributed by atoms with van der Waals surface area (Å²) in [6.45, 7) is 8.89. The Hall–Kier alpha value is -2.16. The van der Waals surface area contributed by atoms with Gasteiger partial charge in [0.15, 0.2) is 5.78 Å². The second-order valence-corrected chi connectivity index (χ2v) is 4.93. The van der Waals surface area contributed by atoms with Crippen molar-refractivity contribution in [3.63, 3.8) is 0 Å². The first-order chi connectivity index (χ1) is 9.52. The van der Waals surface area contributed by atoms with Gasteiger partial charge in [0.05, 0.1) is 5.69 Å². The third-order valence-corrected chi connectivity index (χ3v) is 3.56. The molecule has 0 fully saturated rings.